The van der Waals surface area contributed by atoms with Crippen LogP contribution in [0.4, 0.5) is 0 Å². The van der Waals surface area contributed by atoms with Crippen LogP contribution in [0.25, 0.3) is 0 Å². The van der Waals surface area contributed by atoms with Crippen LogP contribution in [-0.4, -0.2) is 9.55 Å². The van der Waals surface area contributed by atoms with Gasteiger partial charge in [0.25, 0.3) is 0 Å². The maximum Gasteiger partial charge on any atom is 0.100 e. The molecule has 4 heterocycles. The summed E-state index contributed by atoms with van der Waals surface area (Å²) in [6.45, 7) is 22.1. The van der Waals surface area contributed by atoms with Crippen molar-refractivity contribution in [1.29, 1.82) is 0 Å². The van der Waals surface area contributed by atoms with Gasteiger partial charge < -0.3 is 8.98 Å². The Hall–Kier alpha value is -2.59. The molecule has 0 bridgehead atoms. The van der Waals surface area contributed by atoms with Crippen molar-refractivity contribution in [2.24, 2.45) is 7.05 Å². The number of aryl methyl sites for hydroxylation is 4. The van der Waals surface area contributed by atoms with E-state index in [4.69, 9.17) is 4.42 Å². The van der Waals surface area contributed by atoms with Gasteiger partial charge in [0.15, 0.2) is 0 Å². The van der Waals surface area contributed by atoms with E-state index in [2.05, 4.69) is 47.0 Å². The monoisotopic (exact) mass is 474 g/mol. The van der Waals surface area contributed by atoms with E-state index in [1.807, 2.05) is 112 Å². The third kappa shape index (κ3) is 29.4. The van der Waals surface area contributed by atoms with Crippen LogP contribution in [0, 0.1) is 20.8 Å². The molecule has 0 spiro atoms. The summed E-state index contributed by atoms with van der Waals surface area (Å²) < 4.78 is 6.92. The second-order valence-electron chi connectivity index (χ2n) is 5.23. The molecule has 4 aromatic heterocycles. The van der Waals surface area contributed by atoms with Gasteiger partial charge in [0.1, 0.15) is 5.76 Å². The Kier molecular flexibility index (Phi) is 38.9. The summed E-state index contributed by atoms with van der Waals surface area (Å²) in [4.78, 5) is 5.17. The number of hydrogen-bond acceptors (Lipinski definition) is 3. The Bertz CT molecular complexity index is 671. The van der Waals surface area contributed by atoms with Gasteiger partial charge in [-0.15, -0.1) is 11.3 Å². The molecule has 33 heavy (non-hydrogen) atoms. The van der Waals surface area contributed by atoms with Crippen molar-refractivity contribution < 1.29 is 4.42 Å². The van der Waals surface area contributed by atoms with E-state index >= 15 is 0 Å². The third-order valence-corrected chi connectivity index (χ3v) is 3.90. The summed E-state index contributed by atoms with van der Waals surface area (Å²) >= 11 is 1.78. The van der Waals surface area contributed by atoms with Crippen molar-refractivity contribution in [2.45, 2.75) is 76.2 Å². The Labute approximate surface area is 209 Å². The first-order chi connectivity index (χ1) is 16.1. The summed E-state index contributed by atoms with van der Waals surface area (Å²) in [6, 6.07) is 17.8. The van der Waals surface area contributed by atoms with Gasteiger partial charge in [-0.2, -0.15) is 0 Å². The lowest BCUT2D eigenvalue weighted by atomic mass is 10.5. The predicted octanol–water partition coefficient (Wildman–Crippen LogP) is 10.2. The fourth-order valence-electron chi connectivity index (χ4n) is 1.58. The molecule has 0 radical (unpaired) electrons. The summed E-state index contributed by atoms with van der Waals surface area (Å²) in [5.41, 5.74) is 1.31. The molecule has 4 aromatic rings. The van der Waals surface area contributed by atoms with Crippen molar-refractivity contribution in [3.05, 3.63) is 101 Å². The lowest BCUT2D eigenvalue weighted by molar-refractivity contribution is 0.534. The van der Waals surface area contributed by atoms with Crippen molar-refractivity contribution in [3.8, 4) is 0 Å². The number of nitrogens with zero attached hydrogens (tertiary/aromatic N) is 2. The number of hydrogen-bond donors (Lipinski definition) is 0. The van der Waals surface area contributed by atoms with E-state index in [-0.39, 0.29) is 0 Å². The van der Waals surface area contributed by atoms with Crippen LogP contribution < -0.4 is 0 Å². The zero-order valence-corrected chi connectivity index (χ0v) is 24.1. The number of furan rings is 1. The van der Waals surface area contributed by atoms with Crippen molar-refractivity contribution in [3.63, 3.8) is 0 Å². The molecule has 0 saturated heterocycles. The highest BCUT2D eigenvalue weighted by Gasteiger charge is 1.82. The van der Waals surface area contributed by atoms with Gasteiger partial charge in [-0.1, -0.05) is 67.5 Å². The van der Waals surface area contributed by atoms with E-state index < -0.39 is 0 Å². The highest BCUT2D eigenvalue weighted by Crippen LogP contribution is 2.03. The van der Waals surface area contributed by atoms with E-state index in [1.165, 1.54) is 10.6 Å². The SMILES string of the molecule is CC.CC.CC.CC.Cc1cccn1C.Cc1ccco1.Cc1cccs1.c1ccncc1. The van der Waals surface area contributed by atoms with Crippen LogP contribution in [0.15, 0.2) is 89.2 Å². The van der Waals surface area contributed by atoms with Crippen LogP contribution >= 0.6 is 11.3 Å². The van der Waals surface area contributed by atoms with Gasteiger partial charge >= 0.3 is 0 Å². The highest BCUT2D eigenvalue weighted by atomic mass is 32.1. The number of thiophene rings is 1. The fraction of sp³-hybridized carbons (Fsp3) is 0.414. The molecule has 0 aliphatic carbocycles. The topological polar surface area (TPSA) is 31.0 Å². The highest BCUT2D eigenvalue weighted by molar-refractivity contribution is 7.09. The predicted molar refractivity (Wildman–Crippen MR) is 152 cm³/mol. The van der Waals surface area contributed by atoms with E-state index in [0.717, 1.165) is 5.76 Å². The molecule has 188 valence electrons. The van der Waals surface area contributed by atoms with Crippen molar-refractivity contribution in [2.75, 3.05) is 0 Å². The molecule has 0 amide bonds. The molecular weight excluding hydrogens is 424 g/mol. The molecule has 4 heteroatoms. The Morgan fingerprint density at radius 1 is 0.697 bits per heavy atom. The Morgan fingerprint density at radius 3 is 1.39 bits per heavy atom. The second-order valence-corrected chi connectivity index (χ2v) is 6.38. The molecule has 0 aromatic carbocycles. The second kappa shape index (κ2) is 34.0. The summed E-state index contributed by atoms with van der Waals surface area (Å²) in [7, 11) is 2.04. The number of aromatic nitrogens is 2. The van der Waals surface area contributed by atoms with Gasteiger partial charge in [-0.3, -0.25) is 4.98 Å². The van der Waals surface area contributed by atoms with E-state index in [1.54, 1.807) is 30.0 Å². The normalized spacial score (nSPS) is 7.39. The van der Waals surface area contributed by atoms with E-state index in [0.29, 0.717) is 0 Å². The standard InChI is InChI=1S/C6H9N.C5H5N.C5H6O.C5H6S.4C2H6/c1-6-4-3-5-7(6)2;1-2-4-6-5-3-1;2*1-5-3-2-4-6-5;4*1-2/h3-5H,1-2H3;1-5H;2*2-4H,1H3;4*1-2H3. The average molecular weight is 475 g/mol. The number of pyridine rings is 1. The molecule has 0 N–H and O–H groups in total. The largest absolute Gasteiger partial charge is 0.470 e. The smallest absolute Gasteiger partial charge is 0.100 e. The molecule has 0 aliphatic heterocycles. The van der Waals surface area contributed by atoms with Crippen LogP contribution in [-0.2, 0) is 7.05 Å². The molecule has 0 saturated carbocycles. The van der Waals surface area contributed by atoms with Crippen LogP contribution in [0.5, 0.6) is 0 Å². The maximum atomic E-state index is 4.83. The van der Waals surface area contributed by atoms with Gasteiger partial charge in [0.2, 0.25) is 0 Å². The minimum absolute atomic E-state index is 0.968. The van der Waals surface area contributed by atoms with Gasteiger partial charge in [0, 0.05) is 36.2 Å². The van der Waals surface area contributed by atoms with Crippen LogP contribution in [0.1, 0.15) is 71.7 Å². The summed E-state index contributed by atoms with van der Waals surface area (Å²) in [5.74, 6) is 0.968. The molecule has 0 fully saturated rings. The van der Waals surface area contributed by atoms with Crippen LogP contribution in [0.2, 0.25) is 0 Å². The Balaban J connectivity index is -0.000000154. The molecule has 3 nitrogen and oxygen atoms in total. The minimum Gasteiger partial charge on any atom is -0.470 e. The number of rotatable bonds is 0. The van der Waals surface area contributed by atoms with Gasteiger partial charge in [-0.05, 0) is 68.6 Å². The zero-order valence-electron chi connectivity index (χ0n) is 23.3. The maximum absolute atomic E-state index is 4.83. The van der Waals surface area contributed by atoms with E-state index in [9.17, 15) is 0 Å². The third-order valence-electron chi connectivity index (χ3n) is 3.10. The molecule has 0 unspecified atom stereocenters. The van der Waals surface area contributed by atoms with Crippen molar-refractivity contribution in [1.82, 2.24) is 9.55 Å². The summed E-state index contributed by atoms with van der Waals surface area (Å²) in [5, 5.41) is 2.08. The lowest BCUT2D eigenvalue weighted by Crippen LogP contribution is -1.84. The molecule has 4 rings (SSSR count). The molecule has 0 atom stereocenters. The first-order valence-corrected chi connectivity index (χ1v) is 12.9. The summed E-state index contributed by atoms with van der Waals surface area (Å²) in [6.07, 6.45) is 7.20. The van der Waals surface area contributed by atoms with Crippen molar-refractivity contribution >= 4 is 11.3 Å². The van der Waals surface area contributed by atoms with Gasteiger partial charge in [-0.25, -0.2) is 0 Å². The Morgan fingerprint density at radius 2 is 1.27 bits per heavy atom. The lowest BCUT2D eigenvalue weighted by Gasteiger charge is -1.89. The molecule has 0 aliphatic rings. The fourth-order valence-corrected chi connectivity index (χ4v) is 2.11. The quantitative estimate of drug-likeness (QED) is 0.254. The average Bonchev–Trinajstić information content (AvgIpc) is 3.67. The minimum atomic E-state index is 0.968. The zero-order chi connectivity index (χ0) is 26.3. The van der Waals surface area contributed by atoms with Gasteiger partial charge in [0.05, 0.1) is 6.26 Å². The first-order valence-electron chi connectivity index (χ1n) is 12.0. The first kappa shape index (κ1) is 37.7. The van der Waals surface area contributed by atoms with Crippen LogP contribution in [0.3, 0.4) is 0 Å². The molecular formula is C29H50N2OS.